The summed E-state index contributed by atoms with van der Waals surface area (Å²) in [7, 11) is 0. The van der Waals surface area contributed by atoms with Crippen LogP contribution in [0.25, 0.3) is 0 Å². The van der Waals surface area contributed by atoms with E-state index in [4.69, 9.17) is 0 Å². The molecule has 1 aromatic rings. The maximum Gasteiger partial charge on any atom is 0.157 e. The molecule has 17 heavy (non-hydrogen) atoms. The molecule has 2 aliphatic rings. The highest BCUT2D eigenvalue weighted by molar-refractivity contribution is 6.07. The Kier molecular flexibility index (Phi) is 2.56. The van der Waals surface area contributed by atoms with Crippen LogP contribution in [0.1, 0.15) is 24.8 Å². The minimum absolute atomic E-state index is 0.00598. The fourth-order valence-electron chi connectivity index (χ4n) is 2.84. The van der Waals surface area contributed by atoms with Crippen molar-refractivity contribution < 1.29 is 9.90 Å². The molecular formula is C14H15NO2. The van der Waals surface area contributed by atoms with Crippen molar-refractivity contribution >= 4 is 11.5 Å². The SMILES string of the molecule is O=C1CCCC2C(O)C(c3ccccc3)=NC12. The number of fused-ring (bicyclic) bond motifs is 1. The summed E-state index contributed by atoms with van der Waals surface area (Å²) < 4.78 is 0. The van der Waals surface area contributed by atoms with Gasteiger partial charge in [0.25, 0.3) is 0 Å². The normalized spacial score (nSPS) is 32.2. The smallest absolute Gasteiger partial charge is 0.157 e. The number of aliphatic hydroxyl groups is 1. The van der Waals surface area contributed by atoms with E-state index in [0.29, 0.717) is 12.1 Å². The van der Waals surface area contributed by atoms with Gasteiger partial charge in [-0.05, 0) is 18.4 Å². The van der Waals surface area contributed by atoms with Crippen LogP contribution in [0, 0.1) is 5.92 Å². The van der Waals surface area contributed by atoms with E-state index >= 15 is 0 Å². The van der Waals surface area contributed by atoms with Gasteiger partial charge in [-0.3, -0.25) is 9.79 Å². The average Bonchev–Trinajstić information content (AvgIpc) is 2.70. The van der Waals surface area contributed by atoms with E-state index in [1.165, 1.54) is 0 Å². The number of nitrogens with zero attached hydrogens (tertiary/aromatic N) is 1. The first-order valence-electron chi connectivity index (χ1n) is 6.11. The second kappa shape index (κ2) is 4.08. The molecule has 3 unspecified atom stereocenters. The molecule has 3 atom stereocenters. The zero-order valence-corrected chi connectivity index (χ0v) is 9.54. The molecule has 0 bridgehead atoms. The van der Waals surface area contributed by atoms with E-state index in [-0.39, 0.29) is 17.7 Å². The summed E-state index contributed by atoms with van der Waals surface area (Å²) in [4.78, 5) is 16.2. The molecule has 1 saturated carbocycles. The van der Waals surface area contributed by atoms with Gasteiger partial charge in [-0.2, -0.15) is 0 Å². The number of aliphatic hydroxyl groups excluding tert-OH is 1. The topological polar surface area (TPSA) is 49.7 Å². The summed E-state index contributed by atoms with van der Waals surface area (Å²) in [5, 5.41) is 10.3. The fourth-order valence-corrected chi connectivity index (χ4v) is 2.84. The molecule has 1 N–H and O–H groups in total. The monoisotopic (exact) mass is 229 g/mol. The molecule has 3 rings (SSSR count). The lowest BCUT2D eigenvalue weighted by Crippen LogP contribution is -2.36. The number of hydrogen-bond acceptors (Lipinski definition) is 3. The minimum Gasteiger partial charge on any atom is -0.386 e. The van der Waals surface area contributed by atoms with Crippen LogP contribution in [0.15, 0.2) is 35.3 Å². The van der Waals surface area contributed by atoms with Gasteiger partial charge >= 0.3 is 0 Å². The summed E-state index contributed by atoms with van der Waals surface area (Å²) in [6.45, 7) is 0. The summed E-state index contributed by atoms with van der Waals surface area (Å²) in [5.41, 5.74) is 1.62. The lowest BCUT2D eigenvalue weighted by molar-refractivity contribution is -0.123. The minimum atomic E-state index is -0.577. The van der Waals surface area contributed by atoms with Crippen LogP contribution in [-0.4, -0.2) is 28.7 Å². The highest BCUT2D eigenvalue weighted by Crippen LogP contribution is 2.34. The molecule has 0 saturated heterocycles. The van der Waals surface area contributed by atoms with Crippen LogP contribution >= 0.6 is 0 Å². The number of carbonyl (C=O) groups is 1. The number of carbonyl (C=O) groups excluding carboxylic acids is 1. The van der Waals surface area contributed by atoms with Gasteiger partial charge in [0.1, 0.15) is 12.1 Å². The van der Waals surface area contributed by atoms with Crippen LogP contribution < -0.4 is 0 Å². The van der Waals surface area contributed by atoms with Gasteiger partial charge in [0.15, 0.2) is 5.78 Å². The maximum absolute atomic E-state index is 11.8. The zero-order valence-electron chi connectivity index (χ0n) is 9.54. The average molecular weight is 229 g/mol. The van der Waals surface area contributed by atoms with Crippen molar-refractivity contribution in [3.8, 4) is 0 Å². The van der Waals surface area contributed by atoms with Crippen molar-refractivity contribution in [1.29, 1.82) is 0 Å². The Bertz CT molecular complexity index is 466. The molecule has 0 spiro atoms. The van der Waals surface area contributed by atoms with Crippen molar-refractivity contribution in [2.75, 3.05) is 0 Å². The van der Waals surface area contributed by atoms with Crippen LogP contribution in [-0.2, 0) is 4.79 Å². The van der Waals surface area contributed by atoms with Gasteiger partial charge in [-0.25, -0.2) is 0 Å². The van der Waals surface area contributed by atoms with Gasteiger partial charge in [-0.15, -0.1) is 0 Å². The van der Waals surface area contributed by atoms with Crippen molar-refractivity contribution in [1.82, 2.24) is 0 Å². The molecule has 0 radical (unpaired) electrons. The van der Waals surface area contributed by atoms with E-state index in [0.717, 1.165) is 18.4 Å². The summed E-state index contributed by atoms with van der Waals surface area (Å²) in [5.74, 6) is 0.192. The van der Waals surface area contributed by atoms with Crippen molar-refractivity contribution in [2.24, 2.45) is 10.9 Å². The third kappa shape index (κ3) is 1.71. The van der Waals surface area contributed by atoms with Crippen molar-refractivity contribution in [3.05, 3.63) is 35.9 Å². The molecule has 0 aromatic heterocycles. The number of hydrogen-bond donors (Lipinski definition) is 1. The Balaban J connectivity index is 1.96. The standard InChI is InChI=1S/C14H15NO2/c16-11-8-4-7-10-13(11)15-12(14(10)17)9-5-2-1-3-6-9/h1-3,5-6,10,13-14,17H,4,7-8H2. The summed E-state index contributed by atoms with van der Waals surface area (Å²) in [6.07, 6.45) is 1.82. The third-order valence-corrected chi connectivity index (χ3v) is 3.73. The molecule has 3 nitrogen and oxygen atoms in total. The molecule has 0 amide bonds. The van der Waals surface area contributed by atoms with Gasteiger partial charge in [0.2, 0.25) is 0 Å². The predicted molar refractivity (Wildman–Crippen MR) is 65.1 cm³/mol. The first kappa shape index (κ1) is 10.7. The second-order valence-corrected chi connectivity index (χ2v) is 4.79. The lowest BCUT2D eigenvalue weighted by Gasteiger charge is -2.24. The van der Waals surface area contributed by atoms with E-state index in [1.807, 2.05) is 30.3 Å². The maximum atomic E-state index is 11.8. The van der Waals surface area contributed by atoms with Crippen molar-refractivity contribution in [3.63, 3.8) is 0 Å². The van der Waals surface area contributed by atoms with Gasteiger partial charge in [0, 0.05) is 12.3 Å². The van der Waals surface area contributed by atoms with Crippen LogP contribution in [0.5, 0.6) is 0 Å². The Labute approximate surface area is 100 Å². The molecule has 1 heterocycles. The number of Topliss-reactive ketones (excluding diaryl/α,β-unsaturated/α-hetero) is 1. The van der Waals surface area contributed by atoms with Gasteiger partial charge in [0.05, 0.1) is 5.71 Å². The molecule has 1 fully saturated rings. The Hall–Kier alpha value is -1.48. The largest absolute Gasteiger partial charge is 0.386 e. The lowest BCUT2D eigenvalue weighted by atomic mass is 9.81. The Morgan fingerprint density at radius 2 is 2.00 bits per heavy atom. The Morgan fingerprint density at radius 3 is 2.71 bits per heavy atom. The van der Waals surface area contributed by atoms with Gasteiger partial charge in [-0.1, -0.05) is 30.3 Å². The summed E-state index contributed by atoms with van der Waals surface area (Å²) in [6, 6.07) is 9.36. The Morgan fingerprint density at radius 1 is 1.24 bits per heavy atom. The fraction of sp³-hybridized carbons (Fsp3) is 0.429. The second-order valence-electron chi connectivity index (χ2n) is 4.79. The number of rotatable bonds is 1. The van der Waals surface area contributed by atoms with E-state index in [2.05, 4.69) is 4.99 Å². The predicted octanol–water partition coefficient (Wildman–Crippen LogP) is 1.59. The van der Waals surface area contributed by atoms with Crippen LogP contribution in [0.2, 0.25) is 0 Å². The van der Waals surface area contributed by atoms with Crippen LogP contribution in [0.3, 0.4) is 0 Å². The first-order valence-corrected chi connectivity index (χ1v) is 6.11. The molecular weight excluding hydrogens is 214 g/mol. The number of ketones is 1. The molecule has 1 aliphatic heterocycles. The van der Waals surface area contributed by atoms with E-state index in [1.54, 1.807) is 0 Å². The highest BCUT2D eigenvalue weighted by atomic mass is 16.3. The summed E-state index contributed by atoms with van der Waals surface area (Å²) >= 11 is 0. The van der Waals surface area contributed by atoms with E-state index in [9.17, 15) is 9.90 Å². The zero-order chi connectivity index (χ0) is 11.8. The quantitative estimate of drug-likeness (QED) is 0.795. The molecule has 88 valence electrons. The first-order chi connectivity index (χ1) is 8.27. The highest BCUT2D eigenvalue weighted by Gasteiger charge is 2.43. The third-order valence-electron chi connectivity index (χ3n) is 3.73. The van der Waals surface area contributed by atoms with E-state index < -0.39 is 6.10 Å². The number of benzene rings is 1. The molecule has 3 heteroatoms. The molecule has 1 aromatic carbocycles. The molecule has 1 aliphatic carbocycles. The number of aliphatic imine (C=N–C) groups is 1. The van der Waals surface area contributed by atoms with Gasteiger partial charge < -0.3 is 5.11 Å². The van der Waals surface area contributed by atoms with Crippen molar-refractivity contribution in [2.45, 2.75) is 31.4 Å². The van der Waals surface area contributed by atoms with Crippen LogP contribution in [0.4, 0.5) is 0 Å².